The van der Waals surface area contributed by atoms with Crippen molar-refractivity contribution in [2.45, 2.75) is 6.42 Å². The number of benzene rings is 1. The first kappa shape index (κ1) is 11.5. The fraction of sp³-hybridized carbons (Fsp3) is 0.273. The summed E-state index contributed by atoms with van der Waals surface area (Å²) in [7, 11) is 0. The molecule has 2 N–H and O–H groups in total. The first-order valence-electron chi connectivity index (χ1n) is 5.04. The molecule has 4 nitrogen and oxygen atoms in total. The minimum Gasteiger partial charge on any atom is -0.369 e. The third-order valence-corrected chi connectivity index (χ3v) is 2.73. The van der Waals surface area contributed by atoms with Gasteiger partial charge in [-0.2, -0.15) is 0 Å². The molecular formula is C11H10F2N2O2. The van der Waals surface area contributed by atoms with E-state index in [-0.39, 0.29) is 18.7 Å². The number of hydrogen-bond acceptors (Lipinski definition) is 2. The van der Waals surface area contributed by atoms with Gasteiger partial charge in [0.1, 0.15) is 11.6 Å². The molecule has 0 aromatic heterocycles. The lowest BCUT2D eigenvalue weighted by molar-refractivity contribution is -0.123. The molecule has 1 heterocycles. The normalized spacial score (nSPS) is 19.8. The Morgan fingerprint density at radius 2 is 2.12 bits per heavy atom. The van der Waals surface area contributed by atoms with Crippen molar-refractivity contribution in [2.75, 3.05) is 11.4 Å². The summed E-state index contributed by atoms with van der Waals surface area (Å²) >= 11 is 0. The summed E-state index contributed by atoms with van der Waals surface area (Å²) in [5, 5.41) is 0. The zero-order valence-electron chi connectivity index (χ0n) is 8.82. The van der Waals surface area contributed by atoms with E-state index in [9.17, 15) is 18.4 Å². The van der Waals surface area contributed by atoms with Crippen LogP contribution in [0.15, 0.2) is 18.2 Å². The Morgan fingerprint density at radius 3 is 2.71 bits per heavy atom. The van der Waals surface area contributed by atoms with Gasteiger partial charge in [0.05, 0.1) is 11.6 Å². The maximum Gasteiger partial charge on any atom is 0.227 e. The molecule has 1 fully saturated rings. The number of hydrogen-bond donors (Lipinski definition) is 1. The van der Waals surface area contributed by atoms with Gasteiger partial charge in [-0.25, -0.2) is 8.78 Å². The highest BCUT2D eigenvalue weighted by molar-refractivity contribution is 6.00. The molecule has 0 bridgehead atoms. The molecule has 2 rings (SSSR count). The van der Waals surface area contributed by atoms with E-state index in [1.807, 2.05) is 0 Å². The Labute approximate surface area is 96.0 Å². The molecule has 1 aromatic carbocycles. The van der Waals surface area contributed by atoms with Crippen LogP contribution in [0, 0.1) is 17.6 Å². The Hall–Kier alpha value is -1.98. The quantitative estimate of drug-likeness (QED) is 0.831. The average Bonchev–Trinajstić information content (AvgIpc) is 2.64. The van der Waals surface area contributed by atoms with E-state index in [1.54, 1.807) is 0 Å². The molecule has 1 aliphatic rings. The summed E-state index contributed by atoms with van der Waals surface area (Å²) in [6.07, 6.45) is -0.0642. The van der Waals surface area contributed by atoms with Gasteiger partial charge in [-0.3, -0.25) is 9.59 Å². The molecule has 2 amide bonds. The topological polar surface area (TPSA) is 63.4 Å². The molecular weight excluding hydrogens is 230 g/mol. The van der Waals surface area contributed by atoms with Crippen molar-refractivity contribution in [3.63, 3.8) is 0 Å². The second kappa shape index (κ2) is 4.12. The fourth-order valence-corrected chi connectivity index (χ4v) is 1.82. The van der Waals surface area contributed by atoms with Gasteiger partial charge < -0.3 is 10.6 Å². The van der Waals surface area contributed by atoms with Crippen molar-refractivity contribution in [3.8, 4) is 0 Å². The molecule has 0 aliphatic carbocycles. The Balaban J connectivity index is 2.32. The number of halogens is 2. The first-order chi connectivity index (χ1) is 7.99. The van der Waals surface area contributed by atoms with Crippen molar-refractivity contribution in [1.29, 1.82) is 0 Å². The van der Waals surface area contributed by atoms with E-state index in [0.717, 1.165) is 23.1 Å². The largest absolute Gasteiger partial charge is 0.369 e. The minimum atomic E-state index is -0.704. The standard InChI is InChI=1S/C11H10F2N2O2/c12-7-1-2-8(13)9(4-7)15-5-6(11(14)17)3-10(15)16/h1-2,4,6H,3,5H2,(H2,14,17). The maximum atomic E-state index is 13.4. The average molecular weight is 240 g/mol. The summed E-state index contributed by atoms with van der Waals surface area (Å²) in [6, 6.07) is 2.83. The SMILES string of the molecule is NC(=O)C1CC(=O)N(c2cc(F)ccc2F)C1. The van der Waals surface area contributed by atoms with Crippen LogP contribution in [-0.4, -0.2) is 18.4 Å². The highest BCUT2D eigenvalue weighted by Crippen LogP contribution is 2.27. The molecule has 6 heteroatoms. The van der Waals surface area contributed by atoms with Gasteiger partial charge in [-0.1, -0.05) is 0 Å². The number of anilines is 1. The van der Waals surface area contributed by atoms with E-state index in [1.165, 1.54) is 0 Å². The van der Waals surface area contributed by atoms with Crippen molar-refractivity contribution in [1.82, 2.24) is 0 Å². The van der Waals surface area contributed by atoms with Crippen molar-refractivity contribution < 1.29 is 18.4 Å². The predicted molar refractivity (Wildman–Crippen MR) is 56.0 cm³/mol. The summed E-state index contributed by atoms with van der Waals surface area (Å²) in [6.45, 7) is -0.00542. The van der Waals surface area contributed by atoms with E-state index >= 15 is 0 Å². The third kappa shape index (κ3) is 2.11. The number of primary amides is 1. The molecule has 1 aliphatic heterocycles. The molecule has 0 saturated carbocycles. The van der Waals surface area contributed by atoms with Gasteiger partial charge in [0.2, 0.25) is 11.8 Å². The van der Waals surface area contributed by atoms with Crippen LogP contribution in [-0.2, 0) is 9.59 Å². The van der Waals surface area contributed by atoms with Crippen LogP contribution in [0.1, 0.15) is 6.42 Å². The minimum absolute atomic E-state index is 0.00542. The van der Waals surface area contributed by atoms with Crippen molar-refractivity contribution >= 4 is 17.5 Å². The van der Waals surface area contributed by atoms with E-state index in [4.69, 9.17) is 5.73 Å². The second-order valence-electron chi connectivity index (χ2n) is 3.90. The molecule has 90 valence electrons. The van der Waals surface area contributed by atoms with Gasteiger partial charge in [-0.05, 0) is 12.1 Å². The lowest BCUT2D eigenvalue weighted by atomic mass is 10.1. The van der Waals surface area contributed by atoms with Crippen LogP contribution in [0.2, 0.25) is 0 Å². The Bertz CT molecular complexity index is 490. The zero-order chi connectivity index (χ0) is 12.6. The molecule has 17 heavy (non-hydrogen) atoms. The lowest BCUT2D eigenvalue weighted by Crippen LogP contribution is -2.29. The monoisotopic (exact) mass is 240 g/mol. The van der Waals surface area contributed by atoms with Gasteiger partial charge >= 0.3 is 0 Å². The van der Waals surface area contributed by atoms with Gasteiger partial charge in [0, 0.05) is 19.0 Å². The molecule has 0 radical (unpaired) electrons. The van der Waals surface area contributed by atoms with Crippen LogP contribution in [0.4, 0.5) is 14.5 Å². The van der Waals surface area contributed by atoms with Crippen LogP contribution in [0.5, 0.6) is 0 Å². The molecule has 1 unspecified atom stereocenters. The second-order valence-corrected chi connectivity index (χ2v) is 3.90. The van der Waals surface area contributed by atoms with Crippen LogP contribution in [0.3, 0.4) is 0 Å². The third-order valence-electron chi connectivity index (χ3n) is 2.73. The van der Waals surface area contributed by atoms with Crippen molar-refractivity contribution in [2.24, 2.45) is 11.7 Å². The summed E-state index contributed by atoms with van der Waals surface area (Å²) < 4.78 is 26.4. The lowest BCUT2D eigenvalue weighted by Gasteiger charge is -2.16. The molecule has 1 atom stereocenters. The molecule has 1 saturated heterocycles. The summed E-state index contributed by atoms with van der Waals surface area (Å²) in [5.74, 6) is -3.04. The summed E-state index contributed by atoms with van der Waals surface area (Å²) in [5.41, 5.74) is 4.93. The van der Waals surface area contributed by atoms with E-state index in [0.29, 0.717) is 0 Å². The fourth-order valence-electron chi connectivity index (χ4n) is 1.82. The highest BCUT2D eigenvalue weighted by atomic mass is 19.1. The number of carbonyl (C=O) groups is 2. The number of carbonyl (C=O) groups excluding carboxylic acids is 2. The van der Waals surface area contributed by atoms with Gasteiger partial charge in [-0.15, -0.1) is 0 Å². The van der Waals surface area contributed by atoms with E-state index < -0.39 is 29.4 Å². The number of nitrogens with two attached hydrogens (primary N) is 1. The van der Waals surface area contributed by atoms with Crippen molar-refractivity contribution in [3.05, 3.63) is 29.8 Å². The number of amides is 2. The number of rotatable bonds is 2. The number of nitrogens with zero attached hydrogens (tertiary/aromatic N) is 1. The summed E-state index contributed by atoms with van der Waals surface area (Å²) in [4.78, 5) is 23.6. The first-order valence-corrected chi connectivity index (χ1v) is 5.04. The zero-order valence-corrected chi connectivity index (χ0v) is 8.82. The maximum absolute atomic E-state index is 13.4. The predicted octanol–water partition coefficient (Wildman–Crippen LogP) is 0.803. The van der Waals surface area contributed by atoms with Crippen LogP contribution < -0.4 is 10.6 Å². The molecule has 0 spiro atoms. The van der Waals surface area contributed by atoms with E-state index in [2.05, 4.69) is 0 Å². The smallest absolute Gasteiger partial charge is 0.227 e. The van der Waals surface area contributed by atoms with Crippen LogP contribution in [0.25, 0.3) is 0 Å². The Kier molecular flexibility index (Phi) is 2.79. The Morgan fingerprint density at radius 1 is 1.41 bits per heavy atom. The highest BCUT2D eigenvalue weighted by Gasteiger charge is 2.35. The van der Waals surface area contributed by atoms with Gasteiger partial charge in [0.25, 0.3) is 0 Å². The molecule has 1 aromatic rings. The van der Waals surface area contributed by atoms with Crippen LogP contribution >= 0.6 is 0 Å². The van der Waals surface area contributed by atoms with Gasteiger partial charge in [0.15, 0.2) is 0 Å².